The summed E-state index contributed by atoms with van der Waals surface area (Å²) in [6.45, 7) is 3.95. The van der Waals surface area contributed by atoms with Crippen LogP contribution in [-0.2, 0) is 22.6 Å². The molecule has 5 nitrogen and oxygen atoms in total. The van der Waals surface area contributed by atoms with Gasteiger partial charge in [-0.05, 0) is 41.8 Å². The van der Waals surface area contributed by atoms with Crippen molar-refractivity contribution in [1.29, 1.82) is 0 Å². The molecule has 126 valence electrons. The second-order valence-corrected chi connectivity index (χ2v) is 5.44. The molecule has 0 unspecified atom stereocenters. The van der Waals surface area contributed by atoms with Crippen molar-refractivity contribution in [1.82, 2.24) is 5.32 Å². The van der Waals surface area contributed by atoms with Gasteiger partial charge in [0.05, 0.1) is 0 Å². The van der Waals surface area contributed by atoms with Gasteiger partial charge in [-0.25, -0.2) is 0 Å². The number of anilines is 1. The summed E-state index contributed by atoms with van der Waals surface area (Å²) in [7, 11) is 0. The molecular weight excluding hydrogens is 304 g/mol. The van der Waals surface area contributed by atoms with Crippen LogP contribution in [0.25, 0.3) is 0 Å². The van der Waals surface area contributed by atoms with Gasteiger partial charge >= 0.3 is 0 Å². The van der Waals surface area contributed by atoms with E-state index in [2.05, 4.69) is 17.6 Å². The molecule has 0 radical (unpaired) electrons. The Kier molecular flexibility index (Phi) is 6.37. The third-order valence-electron chi connectivity index (χ3n) is 3.47. The van der Waals surface area contributed by atoms with Crippen LogP contribution in [0.3, 0.4) is 0 Å². The Morgan fingerprint density at radius 1 is 0.958 bits per heavy atom. The molecule has 5 heteroatoms. The van der Waals surface area contributed by atoms with Crippen molar-refractivity contribution in [3.63, 3.8) is 0 Å². The predicted octanol–water partition coefficient (Wildman–Crippen LogP) is 2.90. The molecule has 2 rings (SSSR count). The number of hydrogen-bond donors (Lipinski definition) is 2. The second kappa shape index (κ2) is 8.72. The number of amides is 2. The lowest BCUT2D eigenvalue weighted by Gasteiger charge is -2.09. The molecule has 0 heterocycles. The van der Waals surface area contributed by atoms with Crippen molar-refractivity contribution >= 4 is 17.5 Å². The standard InChI is InChI=1S/C19H22N2O3/c1-3-15-6-10-18(11-7-15)24-13-19(23)20-12-16-4-8-17(9-5-16)21-14(2)22/h4-11H,3,12-13H2,1-2H3,(H,20,23)(H,21,22). The molecule has 0 spiro atoms. The minimum absolute atomic E-state index is 0.0184. The van der Waals surface area contributed by atoms with Crippen molar-refractivity contribution in [3.8, 4) is 5.75 Å². The van der Waals surface area contributed by atoms with Crippen molar-refractivity contribution in [2.24, 2.45) is 0 Å². The lowest BCUT2D eigenvalue weighted by molar-refractivity contribution is -0.123. The zero-order chi connectivity index (χ0) is 17.4. The van der Waals surface area contributed by atoms with Gasteiger partial charge in [-0.2, -0.15) is 0 Å². The third-order valence-corrected chi connectivity index (χ3v) is 3.47. The monoisotopic (exact) mass is 326 g/mol. The Morgan fingerprint density at radius 2 is 1.58 bits per heavy atom. The van der Waals surface area contributed by atoms with Crippen LogP contribution < -0.4 is 15.4 Å². The summed E-state index contributed by atoms with van der Waals surface area (Å²) in [6, 6.07) is 15.0. The van der Waals surface area contributed by atoms with Gasteiger partial charge in [0.15, 0.2) is 6.61 Å². The maximum atomic E-state index is 11.8. The van der Waals surface area contributed by atoms with Gasteiger partial charge in [0, 0.05) is 19.2 Å². The Labute approximate surface area is 142 Å². The molecule has 0 saturated heterocycles. The number of ether oxygens (including phenoxy) is 1. The molecule has 0 aliphatic rings. The fourth-order valence-electron chi connectivity index (χ4n) is 2.13. The van der Waals surface area contributed by atoms with Crippen molar-refractivity contribution in [2.75, 3.05) is 11.9 Å². The number of aryl methyl sites for hydroxylation is 1. The summed E-state index contributed by atoms with van der Waals surface area (Å²) >= 11 is 0. The Bertz CT molecular complexity index is 679. The van der Waals surface area contributed by atoms with Gasteiger partial charge < -0.3 is 15.4 Å². The number of hydrogen-bond acceptors (Lipinski definition) is 3. The largest absolute Gasteiger partial charge is 0.484 e. The molecule has 0 aliphatic heterocycles. The van der Waals surface area contributed by atoms with E-state index >= 15 is 0 Å². The fraction of sp³-hybridized carbons (Fsp3) is 0.263. The van der Waals surface area contributed by atoms with E-state index in [-0.39, 0.29) is 18.4 Å². The highest BCUT2D eigenvalue weighted by Crippen LogP contribution is 2.12. The number of carbonyl (C=O) groups excluding carboxylic acids is 2. The van der Waals surface area contributed by atoms with Gasteiger partial charge in [-0.1, -0.05) is 31.2 Å². The topological polar surface area (TPSA) is 67.4 Å². The van der Waals surface area contributed by atoms with E-state index in [1.807, 2.05) is 36.4 Å². The molecule has 2 amide bonds. The maximum absolute atomic E-state index is 11.8. The van der Waals surface area contributed by atoms with Crippen molar-refractivity contribution in [3.05, 3.63) is 59.7 Å². The van der Waals surface area contributed by atoms with Crippen LogP contribution in [0.4, 0.5) is 5.69 Å². The smallest absolute Gasteiger partial charge is 0.258 e. The van der Waals surface area contributed by atoms with E-state index in [4.69, 9.17) is 4.74 Å². The van der Waals surface area contributed by atoms with Crippen molar-refractivity contribution in [2.45, 2.75) is 26.8 Å². The van der Waals surface area contributed by atoms with E-state index in [0.717, 1.165) is 17.7 Å². The lowest BCUT2D eigenvalue weighted by Crippen LogP contribution is -2.28. The molecule has 0 saturated carbocycles. The second-order valence-electron chi connectivity index (χ2n) is 5.44. The normalized spacial score (nSPS) is 10.1. The van der Waals surface area contributed by atoms with Gasteiger partial charge in [-0.15, -0.1) is 0 Å². The van der Waals surface area contributed by atoms with Crippen molar-refractivity contribution < 1.29 is 14.3 Å². The number of rotatable bonds is 7. The first-order valence-electron chi connectivity index (χ1n) is 7.92. The van der Waals surface area contributed by atoms with E-state index < -0.39 is 0 Å². The maximum Gasteiger partial charge on any atom is 0.258 e. The SMILES string of the molecule is CCc1ccc(OCC(=O)NCc2ccc(NC(C)=O)cc2)cc1. The minimum Gasteiger partial charge on any atom is -0.484 e. The molecule has 2 N–H and O–H groups in total. The van der Waals surface area contributed by atoms with E-state index in [1.165, 1.54) is 12.5 Å². The van der Waals surface area contributed by atoms with Gasteiger partial charge in [0.1, 0.15) is 5.75 Å². The average Bonchev–Trinajstić information content (AvgIpc) is 2.59. The zero-order valence-electron chi connectivity index (χ0n) is 14.0. The molecule has 0 aliphatic carbocycles. The number of nitrogens with one attached hydrogen (secondary N) is 2. The lowest BCUT2D eigenvalue weighted by atomic mass is 10.2. The minimum atomic E-state index is -0.180. The van der Waals surface area contributed by atoms with E-state index in [9.17, 15) is 9.59 Å². The summed E-state index contributed by atoms with van der Waals surface area (Å²) in [5.74, 6) is 0.391. The Balaban J connectivity index is 1.75. The fourth-order valence-corrected chi connectivity index (χ4v) is 2.13. The van der Waals surface area contributed by atoms with Gasteiger partial charge in [0.2, 0.25) is 5.91 Å². The Hall–Kier alpha value is -2.82. The summed E-state index contributed by atoms with van der Waals surface area (Å²) in [5.41, 5.74) is 2.91. The molecular formula is C19H22N2O3. The first-order valence-corrected chi connectivity index (χ1v) is 7.92. The molecule has 24 heavy (non-hydrogen) atoms. The van der Waals surface area contributed by atoms with Crippen LogP contribution in [0, 0.1) is 0 Å². The van der Waals surface area contributed by atoms with Crippen LogP contribution in [0.1, 0.15) is 25.0 Å². The summed E-state index contributed by atoms with van der Waals surface area (Å²) in [5, 5.41) is 5.50. The summed E-state index contributed by atoms with van der Waals surface area (Å²) < 4.78 is 5.46. The highest BCUT2D eigenvalue weighted by atomic mass is 16.5. The highest BCUT2D eigenvalue weighted by molar-refractivity contribution is 5.88. The highest BCUT2D eigenvalue weighted by Gasteiger charge is 2.03. The summed E-state index contributed by atoms with van der Waals surface area (Å²) in [4.78, 5) is 22.8. The molecule has 2 aromatic carbocycles. The van der Waals surface area contributed by atoms with E-state index in [1.54, 1.807) is 12.1 Å². The van der Waals surface area contributed by atoms with Gasteiger partial charge in [0.25, 0.3) is 5.91 Å². The van der Waals surface area contributed by atoms with Crippen LogP contribution in [0.15, 0.2) is 48.5 Å². The van der Waals surface area contributed by atoms with E-state index in [0.29, 0.717) is 12.3 Å². The first kappa shape index (κ1) is 17.5. The van der Waals surface area contributed by atoms with Crippen LogP contribution in [-0.4, -0.2) is 18.4 Å². The average molecular weight is 326 g/mol. The van der Waals surface area contributed by atoms with Crippen LogP contribution in [0.5, 0.6) is 5.75 Å². The molecule has 0 atom stereocenters. The summed E-state index contributed by atoms with van der Waals surface area (Å²) in [6.07, 6.45) is 0.974. The third kappa shape index (κ3) is 5.76. The number of benzene rings is 2. The molecule has 2 aromatic rings. The molecule has 0 bridgehead atoms. The van der Waals surface area contributed by atoms with Crippen LogP contribution in [0.2, 0.25) is 0 Å². The first-order chi connectivity index (χ1) is 11.6. The van der Waals surface area contributed by atoms with Gasteiger partial charge in [-0.3, -0.25) is 9.59 Å². The quantitative estimate of drug-likeness (QED) is 0.822. The Morgan fingerprint density at radius 3 is 2.17 bits per heavy atom. The van der Waals surface area contributed by atoms with Crippen LogP contribution >= 0.6 is 0 Å². The zero-order valence-corrected chi connectivity index (χ0v) is 14.0. The predicted molar refractivity (Wildman–Crippen MR) is 93.9 cm³/mol. The number of carbonyl (C=O) groups is 2. The molecule has 0 aromatic heterocycles. The molecule has 0 fully saturated rings.